The fourth-order valence-electron chi connectivity index (χ4n) is 1.63. The summed E-state index contributed by atoms with van der Waals surface area (Å²) in [5.41, 5.74) is 0.816. The number of H-pyrrole nitrogens is 1. The van der Waals surface area contributed by atoms with E-state index >= 15 is 0 Å². The number of aromatic nitrogens is 4. The molecule has 2 rings (SSSR count). The van der Waals surface area contributed by atoms with Crippen molar-refractivity contribution in [3.63, 3.8) is 0 Å². The zero-order valence-corrected chi connectivity index (χ0v) is 13.1. The summed E-state index contributed by atoms with van der Waals surface area (Å²) >= 11 is 0. The maximum Gasteiger partial charge on any atom is 0.240 e. The normalized spacial score (nSPS) is 11.9. The summed E-state index contributed by atoms with van der Waals surface area (Å²) in [4.78, 5) is 0.180. The lowest BCUT2D eigenvalue weighted by Gasteiger charge is -2.07. The molecule has 120 valence electrons. The van der Waals surface area contributed by atoms with Crippen LogP contribution in [0.4, 0.5) is 5.69 Å². The molecule has 0 fully saturated rings. The van der Waals surface area contributed by atoms with Gasteiger partial charge in [-0.05, 0) is 35.9 Å². The number of anilines is 1. The van der Waals surface area contributed by atoms with Gasteiger partial charge in [0.2, 0.25) is 15.8 Å². The van der Waals surface area contributed by atoms with Crippen LogP contribution >= 0.6 is 0 Å². The maximum atomic E-state index is 12.0. The van der Waals surface area contributed by atoms with Gasteiger partial charge in [0.25, 0.3) is 0 Å². The Morgan fingerprint density at radius 3 is 2.70 bits per heavy atom. The lowest BCUT2D eigenvalue weighted by Crippen LogP contribution is -2.24. The van der Waals surface area contributed by atoms with Gasteiger partial charge in [-0.2, -0.15) is 10.5 Å². The molecule has 0 saturated heterocycles. The van der Waals surface area contributed by atoms with Crippen molar-refractivity contribution in [3.8, 4) is 6.07 Å². The zero-order valence-electron chi connectivity index (χ0n) is 12.3. The second kappa shape index (κ2) is 7.48. The molecule has 10 heteroatoms. The molecule has 0 atom stereocenters. The van der Waals surface area contributed by atoms with Crippen molar-refractivity contribution in [2.45, 2.75) is 18.2 Å². The number of benzene rings is 1. The molecule has 0 radical (unpaired) electrons. The molecule has 1 heterocycles. The third-order valence-electron chi connectivity index (χ3n) is 2.80. The average Bonchev–Trinajstić information content (AvgIpc) is 3.08. The van der Waals surface area contributed by atoms with Crippen LogP contribution in [0.15, 0.2) is 35.4 Å². The lowest BCUT2D eigenvalue weighted by atomic mass is 10.3. The number of hydrogen-bond donors (Lipinski definition) is 3. The number of aromatic amines is 1. The monoisotopic (exact) mass is 333 g/mol. The van der Waals surface area contributed by atoms with Gasteiger partial charge < -0.3 is 5.32 Å². The standard InChI is InChI=1S/C13H15N7O2S/c1-2-7-16-23(21,22)12-5-3-11(4-6-12)15-9-10(8-14)13-17-19-20-18-13/h3-6,9,15-16H,2,7H2,1H3,(H,17,18,19,20). The van der Waals surface area contributed by atoms with Crippen molar-refractivity contribution < 1.29 is 8.42 Å². The molecule has 23 heavy (non-hydrogen) atoms. The Balaban J connectivity index is 2.10. The van der Waals surface area contributed by atoms with Gasteiger partial charge in [-0.25, -0.2) is 13.1 Å². The van der Waals surface area contributed by atoms with Gasteiger partial charge in [-0.15, -0.1) is 10.2 Å². The van der Waals surface area contributed by atoms with Gasteiger partial charge in [0.1, 0.15) is 11.6 Å². The van der Waals surface area contributed by atoms with Crippen LogP contribution in [0.25, 0.3) is 5.57 Å². The first-order valence-electron chi connectivity index (χ1n) is 6.77. The smallest absolute Gasteiger partial charge is 0.240 e. The molecule has 1 aromatic heterocycles. The largest absolute Gasteiger partial charge is 0.360 e. The number of rotatable bonds is 7. The fraction of sp³-hybridized carbons (Fsp3) is 0.231. The van der Waals surface area contributed by atoms with Crippen molar-refractivity contribution >= 4 is 21.3 Å². The Kier molecular flexibility index (Phi) is 5.40. The third kappa shape index (κ3) is 4.35. The predicted molar refractivity (Wildman–Crippen MR) is 83.3 cm³/mol. The van der Waals surface area contributed by atoms with Gasteiger partial charge >= 0.3 is 0 Å². The number of nitrogens with one attached hydrogen (secondary N) is 3. The molecule has 0 unspecified atom stereocenters. The molecule has 0 aliphatic rings. The summed E-state index contributed by atoms with van der Waals surface area (Å²) < 4.78 is 26.4. The van der Waals surface area contributed by atoms with E-state index in [9.17, 15) is 8.42 Å². The zero-order chi connectivity index (χ0) is 16.7. The Labute approximate surface area is 133 Å². The van der Waals surface area contributed by atoms with E-state index in [1.807, 2.05) is 13.0 Å². The molecule has 3 N–H and O–H groups in total. The van der Waals surface area contributed by atoms with E-state index in [1.54, 1.807) is 12.1 Å². The lowest BCUT2D eigenvalue weighted by molar-refractivity contribution is 0.581. The molecule has 9 nitrogen and oxygen atoms in total. The maximum absolute atomic E-state index is 12.0. The minimum atomic E-state index is -3.49. The van der Waals surface area contributed by atoms with Gasteiger partial charge in [0.05, 0.1) is 4.90 Å². The molecule has 0 amide bonds. The van der Waals surface area contributed by atoms with Crippen molar-refractivity contribution in [3.05, 3.63) is 36.3 Å². The van der Waals surface area contributed by atoms with E-state index in [0.29, 0.717) is 12.2 Å². The minimum absolute atomic E-state index is 0.169. The highest BCUT2D eigenvalue weighted by Gasteiger charge is 2.12. The van der Waals surface area contributed by atoms with Crippen molar-refractivity contribution in [1.29, 1.82) is 5.26 Å². The highest BCUT2D eigenvalue weighted by Crippen LogP contribution is 2.15. The molecular formula is C13H15N7O2S. The quantitative estimate of drug-likeness (QED) is 0.639. The van der Waals surface area contributed by atoms with Crippen LogP contribution in [0, 0.1) is 11.3 Å². The van der Waals surface area contributed by atoms with E-state index in [0.717, 1.165) is 6.42 Å². The summed E-state index contributed by atoms with van der Waals surface area (Å²) in [6.45, 7) is 2.28. The first-order chi connectivity index (χ1) is 11.1. The van der Waals surface area contributed by atoms with Crippen molar-refractivity contribution in [1.82, 2.24) is 25.3 Å². The highest BCUT2D eigenvalue weighted by molar-refractivity contribution is 7.89. The highest BCUT2D eigenvalue weighted by atomic mass is 32.2. The summed E-state index contributed by atoms with van der Waals surface area (Å²) in [6.07, 6.45) is 2.14. The van der Waals surface area contributed by atoms with Crippen LogP contribution in [-0.2, 0) is 10.0 Å². The number of nitriles is 1. The molecular weight excluding hydrogens is 318 g/mol. The van der Waals surface area contributed by atoms with E-state index < -0.39 is 10.0 Å². The van der Waals surface area contributed by atoms with Crippen LogP contribution in [0.2, 0.25) is 0 Å². The molecule has 2 aromatic rings. The van der Waals surface area contributed by atoms with E-state index in [4.69, 9.17) is 5.26 Å². The number of allylic oxidation sites excluding steroid dienone is 1. The first-order valence-corrected chi connectivity index (χ1v) is 8.25. The third-order valence-corrected chi connectivity index (χ3v) is 4.27. The van der Waals surface area contributed by atoms with E-state index in [2.05, 4.69) is 30.7 Å². The Bertz CT molecular complexity index is 805. The van der Waals surface area contributed by atoms with Crippen molar-refractivity contribution in [2.24, 2.45) is 0 Å². The van der Waals surface area contributed by atoms with Gasteiger partial charge in [-0.3, -0.25) is 0 Å². The molecule has 0 saturated carbocycles. The number of hydrogen-bond acceptors (Lipinski definition) is 7. The first kappa shape index (κ1) is 16.6. The number of nitrogens with zero attached hydrogens (tertiary/aromatic N) is 4. The number of tetrazole rings is 1. The second-order valence-corrected chi connectivity index (χ2v) is 6.24. The van der Waals surface area contributed by atoms with Crippen LogP contribution < -0.4 is 10.0 Å². The van der Waals surface area contributed by atoms with Gasteiger partial charge in [0.15, 0.2) is 0 Å². The number of sulfonamides is 1. The summed E-state index contributed by atoms with van der Waals surface area (Å²) in [5, 5.41) is 25.0. The van der Waals surface area contributed by atoms with Crippen molar-refractivity contribution in [2.75, 3.05) is 11.9 Å². The molecule has 0 bridgehead atoms. The van der Waals surface area contributed by atoms with Gasteiger partial charge in [-0.1, -0.05) is 6.92 Å². The van der Waals surface area contributed by atoms with Crippen LogP contribution in [0.3, 0.4) is 0 Å². The van der Waals surface area contributed by atoms with E-state index in [-0.39, 0.29) is 16.3 Å². The molecule has 1 aromatic carbocycles. The molecule has 0 aliphatic carbocycles. The SMILES string of the molecule is CCCNS(=O)(=O)c1ccc(NC=C(C#N)c2nn[nH]n2)cc1. The average molecular weight is 333 g/mol. The topological polar surface area (TPSA) is 136 Å². The Morgan fingerprint density at radius 1 is 1.39 bits per heavy atom. The predicted octanol–water partition coefficient (Wildman–Crippen LogP) is 0.865. The minimum Gasteiger partial charge on any atom is -0.360 e. The molecule has 0 aliphatic heterocycles. The Hall–Kier alpha value is -2.77. The van der Waals surface area contributed by atoms with E-state index in [1.165, 1.54) is 18.3 Å². The fourth-order valence-corrected chi connectivity index (χ4v) is 2.76. The summed E-state index contributed by atoms with van der Waals surface area (Å²) in [7, 11) is -3.49. The van der Waals surface area contributed by atoms with Gasteiger partial charge in [0, 0.05) is 18.4 Å². The molecule has 0 spiro atoms. The summed E-state index contributed by atoms with van der Waals surface area (Å²) in [6, 6.07) is 8.10. The second-order valence-electron chi connectivity index (χ2n) is 4.47. The van der Waals surface area contributed by atoms with Crippen LogP contribution in [0.1, 0.15) is 19.2 Å². The van der Waals surface area contributed by atoms with Crippen LogP contribution in [0.5, 0.6) is 0 Å². The van der Waals surface area contributed by atoms with Crippen LogP contribution in [-0.4, -0.2) is 35.6 Å². The summed E-state index contributed by atoms with van der Waals surface area (Å²) in [5.74, 6) is 0.169. The Morgan fingerprint density at radius 2 is 2.13 bits per heavy atom.